The predicted molar refractivity (Wildman–Crippen MR) is 86.2 cm³/mol. The molecule has 0 fully saturated rings. The fraction of sp³-hybridized carbons (Fsp3) is 0.125. The van der Waals surface area contributed by atoms with Crippen LogP contribution in [-0.4, -0.2) is 24.3 Å². The second kappa shape index (κ2) is 7.43. The molecule has 0 spiro atoms. The van der Waals surface area contributed by atoms with Gasteiger partial charge in [0, 0.05) is 22.2 Å². The number of amides is 1. The van der Waals surface area contributed by atoms with E-state index in [0.717, 1.165) is 18.3 Å². The zero-order valence-corrected chi connectivity index (χ0v) is 13.5. The lowest BCUT2D eigenvalue weighted by Crippen LogP contribution is -2.18. The van der Waals surface area contributed by atoms with Gasteiger partial charge in [-0.3, -0.25) is 4.79 Å². The minimum Gasteiger partial charge on any atom is -0.504 e. The van der Waals surface area contributed by atoms with E-state index in [1.54, 1.807) is 0 Å². The molecule has 0 atom stereocenters. The topological polar surface area (TPSA) is 70.9 Å². The van der Waals surface area contributed by atoms with Crippen LogP contribution in [0.5, 0.6) is 11.5 Å². The molecule has 2 N–H and O–H groups in total. The van der Waals surface area contributed by atoms with Gasteiger partial charge in [0.05, 0.1) is 18.9 Å². The third-order valence-corrected chi connectivity index (χ3v) is 3.33. The molecule has 2 aromatic carbocycles. The molecule has 0 aliphatic rings. The Labute approximate surface area is 145 Å². The molecular weight excluding hydrogens is 361 g/mol. The number of phenols is 1. The first-order valence-corrected chi connectivity index (χ1v) is 7.17. The molecule has 5 nitrogen and oxygen atoms in total. The van der Waals surface area contributed by atoms with Crippen LogP contribution in [-0.2, 0) is 6.18 Å². The van der Waals surface area contributed by atoms with Gasteiger partial charge in [0.1, 0.15) is 0 Å². The summed E-state index contributed by atoms with van der Waals surface area (Å²) in [5, 5.41) is 13.8. The molecule has 0 unspecified atom stereocenters. The van der Waals surface area contributed by atoms with Gasteiger partial charge in [-0.25, -0.2) is 5.43 Å². The number of rotatable bonds is 4. The van der Waals surface area contributed by atoms with E-state index in [-0.39, 0.29) is 27.6 Å². The number of hydrogen-bond acceptors (Lipinski definition) is 4. The Morgan fingerprint density at radius 2 is 2.04 bits per heavy atom. The number of nitrogens with zero attached hydrogens (tertiary/aromatic N) is 1. The normalized spacial score (nSPS) is 11.6. The molecule has 0 radical (unpaired) electrons. The van der Waals surface area contributed by atoms with Gasteiger partial charge in [0.2, 0.25) is 0 Å². The summed E-state index contributed by atoms with van der Waals surface area (Å²) in [6, 6.07) is 6.67. The van der Waals surface area contributed by atoms with Crippen LogP contribution in [0, 0.1) is 0 Å². The first kappa shape index (κ1) is 18.6. The van der Waals surface area contributed by atoms with E-state index >= 15 is 0 Å². The van der Waals surface area contributed by atoms with Gasteiger partial charge in [-0.2, -0.15) is 18.3 Å². The zero-order chi connectivity index (χ0) is 18.6. The van der Waals surface area contributed by atoms with Crippen LogP contribution < -0.4 is 10.2 Å². The van der Waals surface area contributed by atoms with E-state index in [9.17, 15) is 23.1 Å². The summed E-state index contributed by atoms with van der Waals surface area (Å²) in [5.74, 6) is -0.974. The summed E-state index contributed by atoms with van der Waals surface area (Å²) < 4.78 is 42.9. The van der Waals surface area contributed by atoms with Crippen molar-refractivity contribution in [1.82, 2.24) is 5.43 Å². The third kappa shape index (κ3) is 4.63. The lowest BCUT2D eigenvalue weighted by Gasteiger charge is -2.08. The van der Waals surface area contributed by atoms with Crippen molar-refractivity contribution in [3.8, 4) is 11.5 Å². The first-order chi connectivity index (χ1) is 11.7. The molecule has 0 heterocycles. The van der Waals surface area contributed by atoms with E-state index in [4.69, 9.17) is 16.3 Å². The first-order valence-electron chi connectivity index (χ1n) is 6.79. The highest BCUT2D eigenvalue weighted by Crippen LogP contribution is 2.32. The summed E-state index contributed by atoms with van der Waals surface area (Å²) in [7, 11) is 1.34. The van der Waals surface area contributed by atoms with Gasteiger partial charge in [-0.05, 0) is 24.3 Å². The number of carbonyl (C=O) groups is 1. The maximum Gasteiger partial charge on any atom is 0.416 e. The van der Waals surface area contributed by atoms with Crippen molar-refractivity contribution in [2.24, 2.45) is 5.10 Å². The number of carbonyl (C=O) groups excluding carboxylic acids is 1. The number of nitrogens with one attached hydrogen (secondary N) is 1. The molecule has 0 aromatic heterocycles. The Balaban J connectivity index is 2.15. The number of hydrazone groups is 1. The van der Waals surface area contributed by atoms with Gasteiger partial charge in [-0.1, -0.05) is 17.7 Å². The largest absolute Gasteiger partial charge is 0.504 e. The van der Waals surface area contributed by atoms with E-state index in [1.807, 2.05) is 0 Å². The maximum atomic E-state index is 12.6. The van der Waals surface area contributed by atoms with Crippen LogP contribution in [0.3, 0.4) is 0 Å². The quantitative estimate of drug-likeness (QED) is 0.633. The van der Waals surface area contributed by atoms with Crippen molar-refractivity contribution in [1.29, 1.82) is 0 Å². The number of aromatic hydroxyl groups is 1. The third-order valence-electron chi connectivity index (χ3n) is 3.11. The fourth-order valence-corrected chi connectivity index (χ4v) is 2.13. The van der Waals surface area contributed by atoms with Crippen LogP contribution in [0.2, 0.25) is 5.02 Å². The molecule has 9 heteroatoms. The highest BCUT2D eigenvalue weighted by Gasteiger charge is 2.30. The highest BCUT2D eigenvalue weighted by atomic mass is 35.5. The Kier molecular flexibility index (Phi) is 5.53. The van der Waals surface area contributed by atoms with Crippen LogP contribution in [0.4, 0.5) is 13.2 Å². The molecule has 132 valence electrons. The molecule has 2 rings (SSSR count). The Bertz CT molecular complexity index is 823. The molecular formula is C16H12ClF3N2O3. The maximum absolute atomic E-state index is 12.6. The van der Waals surface area contributed by atoms with Crippen molar-refractivity contribution >= 4 is 23.7 Å². The monoisotopic (exact) mass is 372 g/mol. The van der Waals surface area contributed by atoms with Gasteiger partial charge in [-0.15, -0.1) is 0 Å². The Morgan fingerprint density at radius 1 is 1.32 bits per heavy atom. The number of hydrogen-bond donors (Lipinski definition) is 2. The molecule has 2 aromatic rings. The number of phenolic OH excluding ortho intramolecular Hbond substituents is 1. The molecule has 1 amide bonds. The fourth-order valence-electron chi connectivity index (χ4n) is 1.91. The predicted octanol–water partition coefficient (Wildman–Crippen LogP) is 3.84. The number of alkyl halides is 3. The number of halogens is 4. The molecule has 25 heavy (non-hydrogen) atoms. The summed E-state index contributed by atoms with van der Waals surface area (Å²) >= 11 is 5.85. The average molecular weight is 373 g/mol. The lowest BCUT2D eigenvalue weighted by molar-refractivity contribution is -0.137. The van der Waals surface area contributed by atoms with Crippen molar-refractivity contribution in [2.45, 2.75) is 6.18 Å². The zero-order valence-electron chi connectivity index (χ0n) is 12.8. The Morgan fingerprint density at radius 3 is 2.68 bits per heavy atom. The second-order valence-corrected chi connectivity index (χ2v) is 5.26. The number of benzene rings is 2. The van der Waals surface area contributed by atoms with Gasteiger partial charge >= 0.3 is 6.18 Å². The van der Waals surface area contributed by atoms with Gasteiger partial charge in [0.25, 0.3) is 5.91 Å². The second-order valence-electron chi connectivity index (χ2n) is 4.82. The Hall–Kier alpha value is -2.74. The number of methoxy groups -OCH3 is 1. The lowest BCUT2D eigenvalue weighted by atomic mass is 10.1. The van der Waals surface area contributed by atoms with Crippen LogP contribution >= 0.6 is 11.6 Å². The highest BCUT2D eigenvalue weighted by molar-refractivity contribution is 6.31. The van der Waals surface area contributed by atoms with Crippen molar-refractivity contribution < 1.29 is 27.8 Å². The van der Waals surface area contributed by atoms with E-state index in [0.29, 0.717) is 6.07 Å². The van der Waals surface area contributed by atoms with Gasteiger partial charge < -0.3 is 9.84 Å². The SMILES string of the molecule is COc1cc(Cl)cc(/C=N\NC(=O)c2cccc(C(F)(F)F)c2)c1O. The van der Waals surface area contributed by atoms with E-state index in [2.05, 4.69) is 10.5 Å². The molecule has 0 bridgehead atoms. The summed E-state index contributed by atoms with van der Waals surface area (Å²) in [4.78, 5) is 11.9. The summed E-state index contributed by atoms with van der Waals surface area (Å²) in [6.07, 6.45) is -3.46. The molecule has 0 aliphatic heterocycles. The molecule has 0 saturated heterocycles. The van der Waals surface area contributed by atoms with Crippen LogP contribution in [0.25, 0.3) is 0 Å². The van der Waals surface area contributed by atoms with E-state index in [1.165, 1.54) is 25.3 Å². The average Bonchev–Trinajstić information content (AvgIpc) is 2.56. The smallest absolute Gasteiger partial charge is 0.416 e. The van der Waals surface area contributed by atoms with Crippen molar-refractivity contribution in [2.75, 3.05) is 7.11 Å². The standard InChI is InChI=1S/C16H12ClF3N2O3/c1-25-13-7-12(17)6-10(14(13)23)8-21-22-15(24)9-3-2-4-11(5-9)16(18,19)20/h2-8,23H,1H3,(H,22,24)/b21-8-. The van der Waals surface area contributed by atoms with Gasteiger partial charge in [0.15, 0.2) is 11.5 Å². The van der Waals surface area contributed by atoms with Crippen LogP contribution in [0.1, 0.15) is 21.5 Å². The minimum absolute atomic E-state index is 0.109. The van der Waals surface area contributed by atoms with Crippen LogP contribution in [0.15, 0.2) is 41.5 Å². The molecule has 0 aliphatic carbocycles. The summed E-state index contributed by atoms with van der Waals surface area (Å²) in [6.45, 7) is 0. The number of ether oxygens (including phenoxy) is 1. The molecule has 0 saturated carbocycles. The summed E-state index contributed by atoms with van der Waals surface area (Å²) in [5.41, 5.74) is 1.09. The minimum atomic E-state index is -4.55. The van der Waals surface area contributed by atoms with Crippen molar-refractivity contribution in [3.63, 3.8) is 0 Å². The van der Waals surface area contributed by atoms with Crippen molar-refractivity contribution in [3.05, 3.63) is 58.1 Å². The van der Waals surface area contributed by atoms with E-state index < -0.39 is 17.6 Å².